The van der Waals surface area contributed by atoms with Crippen molar-refractivity contribution in [2.24, 2.45) is 0 Å². The Balaban J connectivity index is 1.89. The third-order valence-corrected chi connectivity index (χ3v) is 8.28. The molecule has 0 spiro atoms. The molecule has 0 saturated heterocycles. The van der Waals surface area contributed by atoms with E-state index in [1.165, 1.54) is 10.6 Å². The Kier molecular flexibility index (Phi) is 11.5. The molecule has 0 bridgehead atoms. The van der Waals surface area contributed by atoms with Crippen LogP contribution in [0, 0.1) is 13.8 Å². The molecule has 0 aliphatic rings. The number of carbonyl (C=O) groups is 2. The number of anilines is 1. The van der Waals surface area contributed by atoms with E-state index in [0.29, 0.717) is 18.5 Å². The number of rotatable bonds is 13. The fraction of sp³-hybridized carbons (Fsp3) is 0.375. The third-order valence-electron chi connectivity index (χ3n) is 6.59. The van der Waals surface area contributed by atoms with E-state index < -0.39 is 16.1 Å². The van der Waals surface area contributed by atoms with Crippen molar-refractivity contribution < 1.29 is 18.0 Å². The van der Waals surface area contributed by atoms with Gasteiger partial charge in [-0.2, -0.15) is 0 Å². The molecule has 0 unspecified atom stereocenters. The van der Waals surface area contributed by atoms with Crippen LogP contribution in [0.2, 0.25) is 0 Å². The van der Waals surface area contributed by atoms with Crippen LogP contribution in [0.1, 0.15) is 48.9 Å². The Morgan fingerprint density at radius 2 is 1.54 bits per heavy atom. The predicted octanol–water partition coefficient (Wildman–Crippen LogP) is 5.78. The first kappa shape index (κ1) is 32.3. The molecule has 220 valence electrons. The molecule has 41 heavy (non-hydrogen) atoms. The lowest BCUT2D eigenvalue weighted by molar-refractivity contribution is -0.141. The fourth-order valence-corrected chi connectivity index (χ4v) is 6.26. The lowest BCUT2D eigenvalue weighted by Gasteiger charge is -2.32. The van der Waals surface area contributed by atoms with Gasteiger partial charge in [-0.05, 0) is 80.6 Å². The topological polar surface area (TPSA) is 86.8 Å². The average Bonchev–Trinajstić information content (AvgIpc) is 2.87. The molecule has 0 radical (unpaired) electrons. The van der Waals surface area contributed by atoms with E-state index in [2.05, 4.69) is 21.2 Å². The molecule has 7 nitrogen and oxygen atoms in total. The SMILES string of the molecule is Cc1cc(C)cc(N(CCCC(=O)N(Cc2cccc(Br)c2)[C@H](Cc2ccccc2)C(=O)NC(C)C)S(C)(=O)=O)c1. The number of amides is 2. The number of carbonyl (C=O) groups excluding carboxylic acids is 2. The van der Waals surface area contributed by atoms with E-state index in [4.69, 9.17) is 0 Å². The van der Waals surface area contributed by atoms with E-state index in [-0.39, 0.29) is 37.4 Å². The number of sulfonamides is 1. The highest BCUT2D eigenvalue weighted by Crippen LogP contribution is 2.23. The van der Waals surface area contributed by atoms with Crippen molar-refractivity contribution in [3.05, 3.63) is 99.5 Å². The van der Waals surface area contributed by atoms with Gasteiger partial charge in [-0.1, -0.05) is 64.5 Å². The summed E-state index contributed by atoms with van der Waals surface area (Å²) in [6.45, 7) is 8.04. The van der Waals surface area contributed by atoms with Gasteiger partial charge in [0.15, 0.2) is 0 Å². The Morgan fingerprint density at radius 3 is 2.12 bits per heavy atom. The van der Waals surface area contributed by atoms with Gasteiger partial charge in [0.2, 0.25) is 21.8 Å². The lowest BCUT2D eigenvalue weighted by Crippen LogP contribution is -2.51. The first-order valence-electron chi connectivity index (χ1n) is 13.8. The van der Waals surface area contributed by atoms with E-state index >= 15 is 0 Å². The maximum Gasteiger partial charge on any atom is 0.243 e. The van der Waals surface area contributed by atoms with Crippen LogP contribution >= 0.6 is 15.9 Å². The van der Waals surface area contributed by atoms with E-state index in [0.717, 1.165) is 26.7 Å². The minimum absolute atomic E-state index is 0.0884. The molecule has 2 amide bonds. The second kappa shape index (κ2) is 14.6. The maximum atomic E-state index is 13.9. The number of halogens is 1. The first-order valence-corrected chi connectivity index (χ1v) is 16.4. The van der Waals surface area contributed by atoms with Crippen molar-refractivity contribution in [1.82, 2.24) is 10.2 Å². The second-order valence-electron chi connectivity index (χ2n) is 10.8. The highest BCUT2D eigenvalue weighted by atomic mass is 79.9. The Bertz CT molecular complexity index is 1420. The van der Waals surface area contributed by atoms with E-state index in [1.807, 2.05) is 100 Å². The van der Waals surface area contributed by atoms with Gasteiger partial charge in [0.1, 0.15) is 6.04 Å². The van der Waals surface area contributed by atoms with Crippen molar-refractivity contribution in [2.75, 3.05) is 17.1 Å². The molecule has 9 heteroatoms. The van der Waals surface area contributed by atoms with Gasteiger partial charge in [-0.3, -0.25) is 13.9 Å². The monoisotopic (exact) mass is 641 g/mol. The van der Waals surface area contributed by atoms with Gasteiger partial charge < -0.3 is 10.2 Å². The minimum Gasteiger partial charge on any atom is -0.352 e. The smallest absolute Gasteiger partial charge is 0.243 e. The van der Waals surface area contributed by atoms with Crippen LogP contribution in [-0.2, 0) is 32.6 Å². The van der Waals surface area contributed by atoms with Crippen molar-refractivity contribution in [3.8, 4) is 0 Å². The van der Waals surface area contributed by atoms with Crippen LogP contribution in [0.3, 0.4) is 0 Å². The molecule has 1 N–H and O–H groups in total. The zero-order valence-corrected chi connectivity index (χ0v) is 26.8. The van der Waals surface area contributed by atoms with Gasteiger partial charge >= 0.3 is 0 Å². The molecular formula is C32H40BrN3O4S. The van der Waals surface area contributed by atoms with Crippen molar-refractivity contribution in [2.45, 2.75) is 65.6 Å². The molecule has 0 aliphatic heterocycles. The zero-order valence-electron chi connectivity index (χ0n) is 24.4. The largest absolute Gasteiger partial charge is 0.352 e. The number of hydrogen-bond acceptors (Lipinski definition) is 4. The van der Waals surface area contributed by atoms with Gasteiger partial charge in [-0.15, -0.1) is 0 Å². The summed E-state index contributed by atoms with van der Waals surface area (Å²) < 4.78 is 27.7. The van der Waals surface area contributed by atoms with Crippen molar-refractivity contribution >= 4 is 43.5 Å². The Hall–Kier alpha value is -3.17. The summed E-state index contributed by atoms with van der Waals surface area (Å²) in [5.74, 6) is -0.432. The van der Waals surface area contributed by atoms with Crippen LogP contribution < -0.4 is 9.62 Å². The standard InChI is InChI=1S/C32H40BrN3O4S/c1-23(2)34-32(38)30(21-26-11-7-6-8-12-26)35(22-27-13-9-14-28(33)20-27)31(37)15-10-16-36(41(5,39)40)29-18-24(3)17-25(4)19-29/h6-9,11-14,17-20,23,30H,10,15-16,21-22H2,1-5H3,(H,34,38)/t30-/m1/s1. The number of nitrogens with one attached hydrogen (secondary N) is 1. The third kappa shape index (κ3) is 10.0. The molecule has 3 aromatic carbocycles. The van der Waals surface area contributed by atoms with Gasteiger partial charge in [0, 0.05) is 36.4 Å². The van der Waals surface area contributed by atoms with Crippen LogP contribution in [0.15, 0.2) is 77.3 Å². The van der Waals surface area contributed by atoms with Crippen LogP contribution in [0.25, 0.3) is 0 Å². The predicted molar refractivity (Wildman–Crippen MR) is 169 cm³/mol. The Morgan fingerprint density at radius 1 is 0.902 bits per heavy atom. The molecular weight excluding hydrogens is 602 g/mol. The lowest BCUT2D eigenvalue weighted by atomic mass is 10.0. The van der Waals surface area contributed by atoms with Crippen LogP contribution in [0.4, 0.5) is 5.69 Å². The summed E-state index contributed by atoms with van der Waals surface area (Å²) in [5.41, 5.74) is 4.34. The summed E-state index contributed by atoms with van der Waals surface area (Å²) >= 11 is 3.51. The number of benzene rings is 3. The van der Waals surface area contributed by atoms with Crippen molar-refractivity contribution in [3.63, 3.8) is 0 Å². The highest BCUT2D eigenvalue weighted by molar-refractivity contribution is 9.10. The van der Waals surface area contributed by atoms with Gasteiger partial charge in [-0.25, -0.2) is 8.42 Å². The average molecular weight is 643 g/mol. The Labute approximate surface area is 253 Å². The quantitative estimate of drug-likeness (QED) is 0.256. The molecule has 3 aromatic rings. The van der Waals surface area contributed by atoms with Crippen LogP contribution in [0.5, 0.6) is 0 Å². The van der Waals surface area contributed by atoms with Gasteiger partial charge in [0.05, 0.1) is 11.9 Å². The number of aryl methyl sites for hydroxylation is 2. The molecule has 0 aromatic heterocycles. The normalized spacial score (nSPS) is 12.2. The maximum absolute atomic E-state index is 13.9. The molecule has 0 aliphatic carbocycles. The molecule has 3 rings (SSSR count). The summed E-state index contributed by atoms with van der Waals surface area (Å²) in [4.78, 5) is 29.1. The van der Waals surface area contributed by atoms with Gasteiger partial charge in [0.25, 0.3) is 0 Å². The number of nitrogens with zero attached hydrogens (tertiary/aromatic N) is 2. The van der Waals surface area contributed by atoms with E-state index in [1.54, 1.807) is 4.90 Å². The summed E-state index contributed by atoms with van der Waals surface area (Å²) in [5, 5.41) is 2.99. The van der Waals surface area contributed by atoms with Crippen LogP contribution in [-0.4, -0.2) is 50.0 Å². The molecule has 0 fully saturated rings. The zero-order chi connectivity index (χ0) is 30.2. The second-order valence-corrected chi connectivity index (χ2v) is 13.6. The molecule has 0 heterocycles. The first-order chi connectivity index (χ1) is 19.3. The molecule has 1 atom stereocenters. The van der Waals surface area contributed by atoms with E-state index in [9.17, 15) is 18.0 Å². The summed E-state index contributed by atoms with van der Waals surface area (Å²) in [6.07, 6.45) is 1.93. The van der Waals surface area contributed by atoms with Crippen molar-refractivity contribution in [1.29, 1.82) is 0 Å². The fourth-order valence-electron chi connectivity index (χ4n) is 4.87. The highest BCUT2D eigenvalue weighted by Gasteiger charge is 2.31. The summed E-state index contributed by atoms with van der Waals surface area (Å²) in [6, 6.07) is 22.2. The molecule has 0 saturated carbocycles. The summed E-state index contributed by atoms with van der Waals surface area (Å²) in [7, 11) is -3.57. The minimum atomic E-state index is -3.57. The number of hydrogen-bond donors (Lipinski definition) is 1.